The molecule has 0 aliphatic carbocycles. The number of benzene rings is 1. The second-order valence-electron chi connectivity index (χ2n) is 7.95. The molecular weight excluding hydrogens is 426 g/mol. The van der Waals surface area contributed by atoms with Crippen LogP contribution >= 0.6 is 11.3 Å². The molecule has 0 saturated carbocycles. The van der Waals surface area contributed by atoms with E-state index < -0.39 is 0 Å². The Morgan fingerprint density at radius 1 is 1.12 bits per heavy atom. The predicted molar refractivity (Wildman–Crippen MR) is 124 cm³/mol. The maximum atomic E-state index is 13.3. The van der Waals surface area contributed by atoms with E-state index in [0.717, 1.165) is 16.1 Å². The molecule has 0 unspecified atom stereocenters. The highest BCUT2D eigenvalue weighted by Gasteiger charge is 2.21. The molecule has 32 heavy (non-hydrogen) atoms. The van der Waals surface area contributed by atoms with E-state index in [0.29, 0.717) is 52.1 Å². The highest BCUT2D eigenvalue weighted by atomic mass is 32.1. The molecule has 1 aliphatic rings. The molecule has 0 saturated heterocycles. The molecule has 3 aromatic heterocycles. The number of nitrogens with one attached hydrogen (secondary N) is 1. The zero-order chi connectivity index (χ0) is 22.4. The van der Waals surface area contributed by atoms with Gasteiger partial charge >= 0.3 is 0 Å². The number of ether oxygens (including phenoxy) is 2. The molecule has 0 radical (unpaired) electrons. The number of hydrogen-bond acceptors (Lipinski definition) is 7. The van der Waals surface area contributed by atoms with E-state index in [9.17, 15) is 4.79 Å². The maximum Gasteiger partial charge on any atom is 0.258 e. The number of carbonyl (C=O) groups is 1. The highest BCUT2D eigenvalue weighted by Crippen LogP contribution is 2.35. The number of carbonyl (C=O) groups excluding carboxylic acids is 1. The summed E-state index contributed by atoms with van der Waals surface area (Å²) in [6.45, 7) is 9.02. The van der Waals surface area contributed by atoms with E-state index in [4.69, 9.17) is 14.5 Å². The number of thiazole rings is 1. The van der Waals surface area contributed by atoms with Crippen molar-refractivity contribution in [1.29, 1.82) is 0 Å². The summed E-state index contributed by atoms with van der Waals surface area (Å²) in [5, 5.41) is 8.70. The van der Waals surface area contributed by atoms with Gasteiger partial charge in [0, 0.05) is 16.5 Å². The Labute approximate surface area is 189 Å². The van der Waals surface area contributed by atoms with Crippen LogP contribution in [-0.2, 0) is 0 Å². The van der Waals surface area contributed by atoms with Crippen LogP contribution in [0.1, 0.15) is 40.8 Å². The lowest BCUT2D eigenvalue weighted by molar-refractivity contribution is 0.102. The first-order valence-electron chi connectivity index (χ1n) is 10.4. The highest BCUT2D eigenvalue weighted by molar-refractivity contribution is 7.15. The van der Waals surface area contributed by atoms with Gasteiger partial charge in [0.15, 0.2) is 22.3 Å². The third-order valence-electron chi connectivity index (χ3n) is 5.39. The summed E-state index contributed by atoms with van der Waals surface area (Å²) in [5.41, 5.74) is 3.56. The van der Waals surface area contributed by atoms with Gasteiger partial charge in [0.25, 0.3) is 5.91 Å². The van der Waals surface area contributed by atoms with E-state index in [1.54, 1.807) is 12.3 Å². The zero-order valence-corrected chi connectivity index (χ0v) is 19.1. The van der Waals surface area contributed by atoms with Gasteiger partial charge in [-0.05, 0) is 52.0 Å². The van der Waals surface area contributed by atoms with Gasteiger partial charge in [-0.3, -0.25) is 10.1 Å². The maximum absolute atomic E-state index is 13.3. The molecule has 0 spiro atoms. The summed E-state index contributed by atoms with van der Waals surface area (Å²) in [6, 6.07) is 7.58. The first kappa shape index (κ1) is 20.4. The summed E-state index contributed by atoms with van der Waals surface area (Å²) in [7, 11) is 0. The average Bonchev–Trinajstić information content (AvgIpc) is 3.35. The number of aryl methyl sites for hydroxylation is 2. The third kappa shape index (κ3) is 3.58. The summed E-state index contributed by atoms with van der Waals surface area (Å²) >= 11 is 1.46. The van der Waals surface area contributed by atoms with Crippen molar-refractivity contribution in [2.75, 3.05) is 18.5 Å². The monoisotopic (exact) mass is 449 g/mol. The van der Waals surface area contributed by atoms with Crippen LogP contribution in [0.3, 0.4) is 0 Å². The number of aromatic nitrogens is 4. The lowest BCUT2D eigenvalue weighted by atomic mass is 10.1. The van der Waals surface area contributed by atoms with Crippen LogP contribution in [0.2, 0.25) is 0 Å². The number of anilines is 1. The Bertz CT molecular complexity index is 1320. The average molecular weight is 450 g/mol. The number of fused-ring (bicyclic) bond motifs is 2. The van der Waals surface area contributed by atoms with Gasteiger partial charge in [-0.2, -0.15) is 5.10 Å². The van der Waals surface area contributed by atoms with Crippen molar-refractivity contribution in [3.05, 3.63) is 46.6 Å². The molecule has 8 nitrogen and oxygen atoms in total. The number of nitrogens with zero attached hydrogens (tertiary/aromatic N) is 4. The Balaban J connectivity index is 1.62. The molecule has 1 amide bonds. The van der Waals surface area contributed by atoms with Crippen LogP contribution < -0.4 is 14.8 Å². The second kappa shape index (κ2) is 7.90. The van der Waals surface area contributed by atoms with Crippen molar-refractivity contribution in [2.45, 2.75) is 33.7 Å². The van der Waals surface area contributed by atoms with Crippen molar-refractivity contribution in [2.24, 2.45) is 0 Å². The van der Waals surface area contributed by atoms with Gasteiger partial charge in [0.2, 0.25) is 0 Å². The van der Waals surface area contributed by atoms with E-state index in [-0.39, 0.29) is 11.9 Å². The van der Waals surface area contributed by atoms with Crippen LogP contribution in [0, 0.1) is 13.8 Å². The van der Waals surface area contributed by atoms with Gasteiger partial charge in [-0.1, -0.05) is 0 Å². The normalized spacial score (nSPS) is 13.0. The molecule has 5 rings (SSSR count). The Morgan fingerprint density at radius 2 is 1.91 bits per heavy atom. The SMILES string of the molecule is Cc1nc(NC(=O)c2cc(-c3ccc4c(c3)OCCO4)nc3c2cnn3C(C)C)sc1C. The number of amides is 1. The lowest BCUT2D eigenvalue weighted by Crippen LogP contribution is -2.15. The number of rotatable bonds is 4. The minimum absolute atomic E-state index is 0.0932. The van der Waals surface area contributed by atoms with E-state index in [2.05, 4.69) is 15.4 Å². The molecule has 0 bridgehead atoms. The number of hydrogen-bond donors (Lipinski definition) is 1. The Hall–Kier alpha value is -3.46. The van der Waals surface area contributed by atoms with Crippen molar-refractivity contribution in [3.63, 3.8) is 0 Å². The fourth-order valence-corrected chi connectivity index (χ4v) is 4.43. The number of pyridine rings is 1. The molecule has 9 heteroatoms. The van der Waals surface area contributed by atoms with Gasteiger partial charge in [-0.15, -0.1) is 11.3 Å². The van der Waals surface area contributed by atoms with Crippen LogP contribution in [0.15, 0.2) is 30.5 Å². The zero-order valence-electron chi connectivity index (χ0n) is 18.3. The first-order chi connectivity index (χ1) is 15.4. The standard InChI is InChI=1S/C23H23N5O3S/c1-12(2)28-21-17(11-24-28)16(22(29)27-23-25-13(3)14(4)32-23)10-18(26-21)15-5-6-19-20(9-15)31-8-7-30-19/h5-6,9-12H,7-8H2,1-4H3,(H,25,27,29). The van der Waals surface area contributed by atoms with Crippen LogP contribution in [0.5, 0.6) is 11.5 Å². The van der Waals surface area contributed by atoms with Crippen molar-refractivity contribution in [3.8, 4) is 22.8 Å². The van der Waals surface area contributed by atoms with Gasteiger partial charge in [0.1, 0.15) is 13.2 Å². The Morgan fingerprint density at radius 3 is 2.62 bits per heavy atom. The lowest BCUT2D eigenvalue weighted by Gasteiger charge is -2.19. The minimum Gasteiger partial charge on any atom is -0.486 e. The molecule has 4 aromatic rings. The summed E-state index contributed by atoms with van der Waals surface area (Å²) in [5.74, 6) is 1.14. The molecule has 164 valence electrons. The molecule has 0 atom stereocenters. The largest absolute Gasteiger partial charge is 0.486 e. The van der Waals surface area contributed by atoms with Crippen molar-refractivity contribution < 1.29 is 14.3 Å². The molecule has 1 aromatic carbocycles. The van der Waals surface area contributed by atoms with Gasteiger partial charge in [0.05, 0.1) is 28.5 Å². The van der Waals surface area contributed by atoms with Crippen LogP contribution in [0.4, 0.5) is 5.13 Å². The predicted octanol–water partition coefficient (Wildman–Crippen LogP) is 4.78. The van der Waals surface area contributed by atoms with Crippen molar-refractivity contribution >= 4 is 33.4 Å². The summed E-state index contributed by atoms with van der Waals surface area (Å²) < 4.78 is 13.2. The molecule has 0 fully saturated rings. The molecule has 1 N–H and O–H groups in total. The summed E-state index contributed by atoms with van der Waals surface area (Å²) in [4.78, 5) is 23.7. The van der Waals surface area contributed by atoms with Crippen molar-refractivity contribution in [1.82, 2.24) is 19.7 Å². The fourth-order valence-electron chi connectivity index (χ4n) is 3.63. The van der Waals surface area contributed by atoms with E-state index >= 15 is 0 Å². The second-order valence-corrected chi connectivity index (χ2v) is 9.15. The summed E-state index contributed by atoms with van der Waals surface area (Å²) in [6.07, 6.45) is 1.70. The quantitative estimate of drug-likeness (QED) is 0.482. The molecule has 4 heterocycles. The van der Waals surface area contributed by atoms with E-state index in [1.807, 2.05) is 50.6 Å². The van der Waals surface area contributed by atoms with Gasteiger partial charge in [-0.25, -0.2) is 14.6 Å². The van der Waals surface area contributed by atoms with Gasteiger partial charge < -0.3 is 9.47 Å². The first-order valence-corrected chi connectivity index (χ1v) is 11.3. The molecule has 1 aliphatic heterocycles. The minimum atomic E-state index is -0.242. The molecular formula is C23H23N5O3S. The Kier molecular flexibility index (Phi) is 5.05. The van der Waals surface area contributed by atoms with E-state index in [1.165, 1.54) is 11.3 Å². The van der Waals surface area contributed by atoms with Crippen LogP contribution in [0.25, 0.3) is 22.3 Å². The smallest absolute Gasteiger partial charge is 0.258 e. The third-order valence-corrected chi connectivity index (χ3v) is 6.38. The topological polar surface area (TPSA) is 91.2 Å². The van der Waals surface area contributed by atoms with Crippen LogP contribution in [-0.4, -0.2) is 38.9 Å². The fraction of sp³-hybridized carbons (Fsp3) is 0.304.